The summed E-state index contributed by atoms with van der Waals surface area (Å²) in [5, 5.41) is 16.8. The number of fused-ring (bicyclic) bond motifs is 1. The fourth-order valence-electron chi connectivity index (χ4n) is 1.95. The van der Waals surface area contributed by atoms with Crippen molar-refractivity contribution in [2.24, 2.45) is 0 Å². The van der Waals surface area contributed by atoms with E-state index >= 15 is 0 Å². The van der Waals surface area contributed by atoms with Crippen LogP contribution in [0.15, 0.2) is 36.5 Å². The van der Waals surface area contributed by atoms with Crippen LogP contribution in [0.5, 0.6) is 0 Å². The highest BCUT2D eigenvalue weighted by Crippen LogP contribution is 2.22. The average Bonchev–Trinajstić information content (AvgIpc) is 2.81. The summed E-state index contributed by atoms with van der Waals surface area (Å²) in [6.07, 6.45) is 1.67. The first-order valence-electron chi connectivity index (χ1n) is 5.70. The van der Waals surface area contributed by atoms with E-state index in [2.05, 4.69) is 10.2 Å². The Bertz CT molecular complexity index is 814. The van der Waals surface area contributed by atoms with Crippen molar-refractivity contribution < 1.29 is 4.39 Å². The van der Waals surface area contributed by atoms with Gasteiger partial charge >= 0.3 is 0 Å². The third kappa shape index (κ3) is 1.83. The van der Waals surface area contributed by atoms with Gasteiger partial charge in [0.1, 0.15) is 5.82 Å². The molecule has 0 atom stereocenters. The Balaban J connectivity index is 2.23. The highest BCUT2D eigenvalue weighted by molar-refractivity contribution is 5.61. The predicted octanol–water partition coefficient (Wildman–Crippen LogP) is 2.72. The van der Waals surface area contributed by atoms with Crippen molar-refractivity contribution in [1.29, 1.82) is 5.26 Å². The van der Waals surface area contributed by atoms with Gasteiger partial charge in [-0.15, -0.1) is 10.2 Å². The van der Waals surface area contributed by atoms with E-state index in [4.69, 9.17) is 5.26 Å². The lowest BCUT2D eigenvalue weighted by atomic mass is 10.1. The molecule has 1 aromatic carbocycles. The number of hydrogen-bond acceptors (Lipinski definition) is 3. The molecular weight excluding hydrogens is 243 g/mol. The largest absolute Gasteiger partial charge is 0.282 e. The minimum atomic E-state index is -0.335. The molecule has 0 spiro atoms. The Labute approximate surface area is 108 Å². The Kier molecular flexibility index (Phi) is 2.50. The van der Waals surface area contributed by atoms with Crippen LogP contribution in [0.25, 0.3) is 17.0 Å². The number of hydrogen-bond donors (Lipinski definition) is 0. The molecule has 0 radical (unpaired) electrons. The molecule has 0 saturated carbocycles. The minimum absolute atomic E-state index is 0.335. The maximum atomic E-state index is 14.0. The summed E-state index contributed by atoms with van der Waals surface area (Å²) >= 11 is 0. The van der Waals surface area contributed by atoms with Crippen molar-refractivity contribution in [3.05, 3.63) is 53.5 Å². The van der Waals surface area contributed by atoms with Crippen molar-refractivity contribution >= 4 is 5.65 Å². The molecule has 2 heterocycles. The number of benzene rings is 1. The molecule has 3 rings (SSSR count). The van der Waals surface area contributed by atoms with Crippen LogP contribution in [0.3, 0.4) is 0 Å². The second-order valence-corrected chi connectivity index (χ2v) is 4.26. The highest BCUT2D eigenvalue weighted by atomic mass is 19.1. The van der Waals surface area contributed by atoms with Gasteiger partial charge in [0.25, 0.3) is 0 Å². The zero-order valence-electron chi connectivity index (χ0n) is 10.1. The van der Waals surface area contributed by atoms with Gasteiger partial charge in [0.05, 0.1) is 17.2 Å². The molecule has 0 aliphatic heterocycles. The van der Waals surface area contributed by atoms with Crippen LogP contribution in [0.4, 0.5) is 4.39 Å². The van der Waals surface area contributed by atoms with Crippen LogP contribution in [-0.2, 0) is 0 Å². The number of rotatable bonds is 1. The van der Waals surface area contributed by atoms with Crippen LogP contribution in [0, 0.1) is 24.1 Å². The molecule has 0 bridgehead atoms. The molecule has 5 heteroatoms. The quantitative estimate of drug-likeness (QED) is 0.669. The number of aryl methyl sites for hydroxylation is 1. The molecule has 0 unspecified atom stereocenters. The standard InChI is InChI=1S/C14H9FN4/c1-9-2-3-11(12(15)6-9)14-18-17-13-7-10(8-16)4-5-19(13)14/h2-7H,1H3. The van der Waals surface area contributed by atoms with E-state index in [1.807, 2.05) is 19.1 Å². The lowest BCUT2D eigenvalue weighted by Crippen LogP contribution is -1.93. The summed E-state index contributed by atoms with van der Waals surface area (Å²) in [5.74, 6) is 0.0932. The lowest BCUT2D eigenvalue weighted by molar-refractivity contribution is 0.628. The summed E-state index contributed by atoms with van der Waals surface area (Å²) in [4.78, 5) is 0. The fraction of sp³-hybridized carbons (Fsp3) is 0.0714. The second kappa shape index (κ2) is 4.18. The molecule has 0 N–H and O–H groups in total. The number of pyridine rings is 1. The molecule has 4 nitrogen and oxygen atoms in total. The van der Waals surface area contributed by atoms with E-state index in [0.717, 1.165) is 5.56 Å². The van der Waals surface area contributed by atoms with Gasteiger partial charge in [-0.3, -0.25) is 4.40 Å². The SMILES string of the molecule is Cc1ccc(-c2nnc3cc(C#N)ccn23)c(F)c1. The summed E-state index contributed by atoms with van der Waals surface area (Å²) in [5.41, 5.74) is 2.26. The normalized spacial score (nSPS) is 10.6. The Morgan fingerprint density at radius 3 is 2.79 bits per heavy atom. The van der Waals surface area contributed by atoms with Gasteiger partial charge in [-0.2, -0.15) is 5.26 Å². The van der Waals surface area contributed by atoms with Crippen LogP contribution in [0.2, 0.25) is 0 Å². The average molecular weight is 252 g/mol. The first kappa shape index (κ1) is 11.4. The van der Waals surface area contributed by atoms with Crippen molar-refractivity contribution in [2.45, 2.75) is 6.92 Å². The smallest absolute Gasteiger partial charge is 0.171 e. The Morgan fingerprint density at radius 2 is 2.05 bits per heavy atom. The van der Waals surface area contributed by atoms with Gasteiger partial charge in [0.15, 0.2) is 11.5 Å². The van der Waals surface area contributed by atoms with Gasteiger partial charge in [-0.05, 0) is 30.7 Å². The van der Waals surface area contributed by atoms with Crippen molar-refractivity contribution in [3.63, 3.8) is 0 Å². The van der Waals surface area contributed by atoms with Crippen LogP contribution in [-0.4, -0.2) is 14.6 Å². The zero-order chi connectivity index (χ0) is 13.4. The number of nitrogens with zero attached hydrogens (tertiary/aromatic N) is 4. The molecule has 0 aliphatic carbocycles. The molecule has 0 aliphatic rings. The van der Waals surface area contributed by atoms with Crippen molar-refractivity contribution in [1.82, 2.24) is 14.6 Å². The molecule has 0 fully saturated rings. The first-order valence-corrected chi connectivity index (χ1v) is 5.70. The van der Waals surface area contributed by atoms with Crippen molar-refractivity contribution in [2.75, 3.05) is 0 Å². The van der Waals surface area contributed by atoms with Gasteiger partial charge in [0.2, 0.25) is 0 Å². The molecule has 92 valence electrons. The lowest BCUT2D eigenvalue weighted by Gasteiger charge is -2.02. The fourth-order valence-corrected chi connectivity index (χ4v) is 1.95. The molecular formula is C14H9FN4. The zero-order valence-corrected chi connectivity index (χ0v) is 10.1. The first-order chi connectivity index (χ1) is 9.19. The minimum Gasteiger partial charge on any atom is -0.282 e. The van der Waals surface area contributed by atoms with E-state index < -0.39 is 0 Å². The number of aromatic nitrogens is 3. The summed E-state index contributed by atoms with van der Waals surface area (Å²) in [6, 6.07) is 10.3. The second-order valence-electron chi connectivity index (χ2n) is 4.26. The highest BCUT2D eigenvalue weighted by Gasteiger charge is 2.12. The maximum Gasteiger partial charge on any atom is 0.171 e. The topological polar surface area (TPSA) is 54.0 Å². The Hall–Kier alpha value is -2.74. The number of halogens is 1. The maximum absolute atomic E-state index is 14.0. The monoisotopic (exact) mass is 252 g/mol. The Morgan fingerprint density at radius 1 is 1.21 bits per heavy atom. The van der Waals surface area contributed by atoms with Crippen LogP contribution in [0.1, 0.15) is 11.1 Å². The van der Waals surface area contributed by atoms with Gasteiger partial charge in [-0.1, -0.05) is 6.07 Å². The van der Waals surface area contributed by atoms with E-state index in [1.54, 1.807) is 28.8 Å². The number of nitriles is 1. The third-order valence-corrected chi connectivity index (χ3v) is 2.90. The van der Waals surface area contributed by atoms with Crippen LogP contribution >= 0.6 is 0 Å². The predicted molar refractivity (Wildman–Crippen MR) is 67.8 cm³/mol. The third-order valence-electron chi connectivity index (χ3n) is 2.90. The van der Waals surface area contributed by atoms with E-state index in [-0.39, 0.29) is 5.82 Å². The van der Waals surface area contributed by atoms with Gasteiger partial charge in [0, 0.05) is 12.3 Å². The van der Waals surface area contributed by atoms with Gasteiger partial charge in [-0.25, -0.2) is 4.39 Å². The van der Waals surface area contributed by atoms with E-state index in [1.165, 1.54) is 6.07 Å². The summed E-state index contributed by atoms with van der Waals surface area (Å²) in [6.45, 7) is 1.83. The van der Waals surface area contributed by atoms with Gasteiger partial charge < -0.3 is 0 Å². The van der Waals surface area contributed by atoms with Crippen LogP contribution < -0.4 is 0 Å². The summed E-state index contributed by atoms with van der Waals surface area (Å²) in [7, 11) is 0. The molecule has 3 aromatic rings. The molecule has 2 aromatic heterocycles. The molecule has 0 saturated heterocycles. The van der Waals surface area contributed by atoms with E-state index in [0.29, 0.717) is 22.6 Å². The van der Waals surface area contributed by atoms with E-state index in [9.17, 15) is 4.39 Å². The molecule has 0 amide bonds. The van der Waals surface area contributed by atoms with Crippen molar-refractivity contribution in [3.8, 4) is 17.5 Å². The molecule has 19 heavy (non-hydrogen) atoms. The summed E-state index contributed by atoms with van der Waals surface area (Å²) < 4.78 is 15.6.